The fraction of sp³-hybridized carbons (Fsp3) is 0.611. The average molecular weight is 670 g/mol. The molecule has 9 nitrogen and oxygen atoms in total. The third-order valence-electron chi connectivity index (χ3n) is 10.7. The quantitative estimate of drug-likeness (QED) is 0.492. The second-order valence-corrected chi connectivity index (χ2v) is 13.9. The van der Waals surface area contributed by atoms with E-state index in [-0.39, 0.29) is 47.1 Å². The second-order valence-electron chi connectivity index (χ2n) is 13.9. The van der Waals surface area contributed by atoms with E-state index in [0.29, 0.717) is 83.0 Å². The zero-order valence-electron chi connectivity index (χ0n) is 27.4. The predicted molar refractivity (Wildman–Crippen MR) is 173 cm³/mol. The molecule has 0 radical (unpaired) electrons. The number of benzene rings is 1. The second kappa shape index (κ2) is 15.3. The first-order chi connectivity index (χ1) is 23.1. The molecular weight excluding hydrogens is 623 g/mol. The zero-order chi connectivity index (χ0) is 33.7. The van der Waals surface area contributed by atoms with Crippen molar-refractivity contribution in [3.05, 3.63) is 59.3 Å². The van der Waals surface area contributed by atoms with Gasteiger partial charge in [0.05, 0.1) is 12.2 Å². The molecule has 4 atom stereocenters. The van der Waals surface area contributed by atoms with Crippen LogP contribution >= 0.6 is 0 Å². The standard InChI is InChI=1S/C36H46F3N5O4/c37-36(38,39)30-6-3-5-25(19-30)22-42-16-10-26-21-34(46)44-17-11-27(20-33(45)43-14-1-2-15-43)29(24-44)12-18-48-32-8-4-7-31(41-32)35(47)40-13-9-28(26)23-42/h3-8,19,26-29H,1-2,9-18,20-24H2,(H,40,47)/t26-,27-,28-,29-/m0/s1. The summed E-state index contributed by atoms with van der Waals surface area (Å²) in [5, 5.41) is 2.97. The Bertz CT molecular complexity index is 1450. The highest BCUT2D eigenvalue weighted by Gasteiger charge is 2.37. The van der Waals surface area contributed by atoms with E-state index in [9.17, 15) is 27.6 Å². The van der Waals surface area contributed by atoms with Crippen molar-refractivity contribution >= 4 is 17.7 Å². The molecule has 0 saturated carbocycles. The van der Waals surface area contributed by atoms with Crippen LogP contribution in [0.25, 0.3) is 0 Å². The van der Waals surface area contributed by atoms with Gasteiger partial charge in [0.25, 0.3) is 5.91 Å². The molecule has 5 heterocycles. The van der Waals surface area contributed by atoms with Crippen LogP contribution in [0.2, 0.25) is 0 Å². The van der Waals surface area contributed by atoms with Gasteiger partial charge in [0.15, 0.2) is 0 Å². The number of fused-ring (bicyclic) bond motifs is 5. The van der Waals surface area contributed by atoms with Crippen molar-refractivity contribution in [1.82, 2.24) is 25.0 Å². The highest BCUT2D eigenvalue weighted by atomic mass is 19.4. The van der Waals surface area contributed by atoms with Gasteiger partial charge < -0.3 is 19.9 Å². The molecule has 260 valence electrons. The Balaban J connectivity index is 1.18. The molecule has 0 unspecified atom stereocenters. The molecule has 3 fully saturated rings. The maximum absolute atomic E-state index is 13.9. The van der Waals surface area contributed by atoms with Crippen LogP contribution in [0.5, 0.6) is 5.88 Å². The van der Waals surface area contributed by atoms with Crippen molar-refractivity contribution in [3.8, 4) is 5.88 Å². The van der Waals surface area contributed by atoms with E-state index >= 15 is 0 Å². The Morgan fingerprint density at radius 2 is 1.73 bits per heavy atom. The molecule has 48 heavy (non-hydrogen) atoms. The van der Waals surface area contributed by atoms with E-state index < -0.39 is 11.7 Å². The van der Waals surface area contributed by atoms with Crippen LogP contribution in [0.3, 0.4) is 0 Å². The minimum absolute atomic E-state index is 0.0681. The molecule has 6 rings (SSSR count). The van der Waals surface area contributed by atoms with Crippen molar-refractivity contribution in [2.24, 2.45) is 23.7 Å². The Labute approximate surface area is 280 Å². The van der Waals surface area contributed by atoms with E-state index in [1.165, 1.54) is 12.1 Å². The summed E-state index contributed by atoms with van der Waals surface area (Å²) < 4.78 is 46.1. The number of carbonyl (C=O) groups excluding carboxylic acids is 3. The van der Waals surface area contributed by atoms with Gasteiger partial charge in [-0.25, -0.2) is 4.98 Å². The Hall–Kier alpha value is -3.67. The lowest BCUT2D eigenvalue weighted by molar-refractivity contribution is -0.138. The lowest BCUT2D eigenvalue weighted by Crippen LogP contribution is -2.47. The van der Waals surface area contributed by atoms with Crippen LogP contribution in [-0.2, 0) is 22.3 Å². The maximum Gasteiger partial charge on any atom is 0.416 e. The van der Waals surface area contributed by atoms with Crippen molar-refractivity contribution in [2.45, 2.75) is 64.1 Å². The van der Waals surface area contributed by atoms with Crippen molar-refractivity contribution < 1.29 is 32.3 Å². The first kappa shape index (κ1) is 34.2. The number of hydrogen-bond acceptors (Lipinski definition) is 6. The van der Waals surface area contributed by atoms with Gasteiger partial charge in [0.2, 0.25) is 17.7 Å². The number of amides is 3. The largest absolute Gasteiger partial charge is 0.478 e. The van der Waals surface area contributed by atoms with Crippen molar-refractivity contribution in [2.75, 3.05) is 52.4 Å². The third-order valence-corrected chi connectivity index (χ3v) is 10.7. The number of nitrogens with zero attached hydrogens (tertiary/aromatic N) is 4. The molecule has 2 aromatic rings. The van der Waals surface area contributed by atoms with E-state index in [1.54, 1.807) is 24.3 Å². The van der Waals surface area contributed by atoms with Crippen molar-refractivity contribution in [3.63, 3.8) is 0 Å². The summed E-state index contributed by atoms with van der Waals surface area (Å²) in [6.45, 7) is 5.26. The first-order valence-corrected chi connectivity index (χ1v) is 17.4. The molecular formula is C36H46F3N5O4. The number of piperidine rings is 2. The molecule has 0 aliphatic carbocycles. The van der Waals surface area contributed by atoms with Gasteiger partial charge in [-0.3, -0.25) is 19.3 Å². The number of halogens is 3. The summed E-state index contributed by atoms with van der Waals surface area (Å²) in [4.78, 5) is 50.5. The number of aromatic nitrogens is 1. The third kappa shape index (κ3) is 8.67. The number of pyridine rings is 1. The number of hydrogen-bond donors (Lipinski definition) is 1. The molecule has 3 amide bonds. The topological polar surface area (TPSA) is 95.1 Å². The molecule has 12 heteroatoms. The van der Waals surface area contributed by atoms with E-state index in [2.05, 4.69) is 15.2 Å². The van der Waals surface area contributed by atoms with Gasteiger partial charge in [-0.1, -0.05) is 24.3 Å². The predicted octanol–water partition coefficient (Wildman–Crippen LogP) is 5.01. The molecule has 0 spiro atoms. The minimum atomic E-state index is -4.40. The van der Waals surface area contributed by atoms with Gasteiger partial charge in [0.1, 0.15) is 5.69 Å². The van der Waals surface area contributed by atoms with Crippen LogP contribution in [0.1, 0.15) is 73.0 Å². The summed E-state index contributed by atoms with van der Waals surface area (Å²) >= 11 is 0. The highest BCUT2D eigenvalue weighted by molar-refractivity contribution is 5.92. The number of rotatable bonds is 4. The van der Waals surface area contributed by atoms with Crippen LogP contribution in [-0.4, -0.2) is 89.8 Å². The lowest BCUT2D eigenvalue weighted by atomic mass is 9.79. The van der Waals surface area contributed by atoms with Crippen LogP contribution < -0.4 is 10.1 Å². The van der Waals surface area contributed by atoms with E-state index in [1.807, 2.05) is 9.80 Å². The highest BCUT2D eigenvalue weighted by Crippen LogP contribution is 2.35. The summed E-state index contributed by atoms with van der Waals surface area (Å²) in [7, 11) is 0. The van der Waals surface area contributed by atoms with Crippen LogP contribution in [0.15, 0.2) is 42.5 Å². The SMILES string of the molecule is O=C1NCC[C@H]2CN(Cc3cccc(C(F)(F)F)c3)CC[C@H]2CC(=O)N2CC[C@@H](CC(=O)N3CCCC3)[C@@H](CCOc3cccc1n3)C2. The number of alkyl halides is 3. The Morgan fingerprint density at radius 1 is 0.917 bits per heavy atom. The number of likely N-dealkylation sites (tertiary alicyclic amines) is 2. The summed E-state index contributed by atoms with van der Waals surface area (Å²) in [6.07, 6.45) is 1.36. The minimum Gasteiger partial charge on any atom is -0.478 e. The lowest BCUT2D eigenvalue weighted by Gasteiger charge is -2.42. The monoisotopic (exact) mass is 669 g/mol. The number of carbonyl (C=O) groups is 3. The van der Waals surface area contributed by atoms with Crippen LogP contribution in [0.4, 0.5) is 13.2 Å². The van der Waals surface area contributed by atoms with Gasteiger partial charge >= 0.3 is 6.18 Å². The molecule has 4 aliphatic rings. The molecule has 3 saturated heterocycles. The first-order valence-electron chi connectivity index (χ1n) is 17.4. The van der Waals surface area contributed by atoms with E-state index in [4.69, 9.17) is 4.74 Å². The molecule has 1 aromatic carbocycles. The molecule has 4 bridgehead atoms. The molecule has 1 aromatic heterocycles. The summed E-state index contributed by atoms with van der Waals surface area (Å²) in [5.74, 6) is 0.759. The molecule has 1 N–H and O–H groups in total. The van der Waals surface area contributed by atoms with Gasteiger partial charge in [-0.2, -0.15) is 13.2 Å². The number of nitrogens with one attached hydrogen (secondary N) is 1. The summed E-state index contributed by atoms with van der Waals surface area (Å²) in [5.41, 5.74) is 0.202. The fourth-order valence-corrected chi connectivity index (χ4v) is 7.97. The Kier molecular flexibility index (Phi) is 10.9. The fourth-order valence-electron chi connectivity index (χ4n) is 7.97. The summed E-state index contributed by atoms with van der Waals surface area (Å²) in [6, 6.07) is 10.6. The zero-order valence-corrected chi connectivity index (χ0v) is 27.4. The smallest absolute Gasteiger partial charge is 0.416 e. The van der Waals surface area contributed by atoms with Crippen molar-refractivity contribution in [1.29, 1.82) is 0 Å². The Morgan fingerprint density at radius 3 is 2.54 bits per heavy atom. The molecule has 4 aliphatic heterocycles. The number of ether oxygens (including phenoxy) is 1. The van der Waals surface area contributed by atoms with Gasteiger partial charge in [-0.05, 0) is 86.4 Å². The average Bonchev–Trinajstić information content (AvgIpc) is 3.62. The normalized spacial score (nSPS) is 26.3. The van der Waals surface area contributed by atoms with E-state index in [0.717, 1.165) is 44.8 Å². The maximum atomic E-state index is 13.9. The van der Waals surface area contributed by atoms with Crippen LogP contribution in [0, 0.1) is 23.7 Å². The van der Waals surface area contributed by atoms with Gasteiger partial charge in [-0.15, -0.1) is 0 Å². The van der Waals surface area contributed by atoms with Gasteiger partial charge in [0, 0.05) is 64.7 Å².